The van der Waals surface area contributed by atoms with E-state index in [1.165, 1.54) is 5.56 Å². The molecule has 0 aliphatic rings. The molecule has 0 amide bonds. The molecule has 0 aliphatic carbocycles. The average Bonchev–Trinajstić information content (AvgIpc) is 2.16. The van der Waals surface area contributed by atoms with Gasteiger partial charge >= 0.3 is 0 Å². The van der Waals surface area contributed by atoms with Crippen LogP contribution >= 0.6 is 0 Å². The molecule has 0 bridgehead atoms. The zero-order valence-corrected chi connectivity index (χ0v) is 9.37. The van der Waals surface area contributed by atoms with Crippen LogP contribution in [0.5, 0.6) is 0 Å². The van der Waals surface area contributed by atoms with Crippen LogP contribution in [-0.4, -0.2) is 19.3 Å². The molecule has 0 radical (unpaired) electrons. The van der Waals surface area contributed by atoms with Gasteiger partial charge in [-0.3, -0.25) is 0 Å². The summed E-state index contributed by atoms with van der Waals surface area (Å²) in [7, 11) is 1.74. The van der Waals surface area contributed by atoms with Crippen molar-refractivity contribution in [2.75, 3.05) is 12.4 Å². The molecule has 0 heterocycles. The highest BCUT2D eigenvalue weighted by Gasteiger charge is 2.09. The Labute approximate surface area is 86.3 Å². The van der Waals surface area contributed by atoms with Gasteiger partial charge < -0.3 is 10.1 Å². The number of nitrogens with one attached hydrogen (secondary N) is 1. The Morgan fingerprint density at radius 2 is 2.00 bits per heavy atom. The fourth-order valence-electron chi connectivity index (χ4n) is 1.32. The molecule has 0 saturated carbocycles. The lowest BCUT2D eigenvalue weighted by Crippen LogP contribution is -2.29. The highest BCUT2D eigenvalue weighted by Crippen LogP contribution is 2.12. The highest BCUT2D eigenvalue weighted by atomic mass is 16.5. The van der Waals surface area contributed by atoms with Crippen LogP contribution in [0.15, 0.2) is 24.3 Å². The van der Waals surface area contributed by atoms with Gasteiger partial charge in [-0.2, -0.15) is 0 Å². The molecule has 1 aromatic rings. The second kappa shape index (κ2) is 5.01. The third-order valence-corrected chi connectivity index (χ3v) is 2.49. The summed E-state index contributed by atoms with van der Waals surface area (Å²) in [6.45, 7) is 6.28. The molecule has 14 heavy (non-hydrogen) atoms. The zero-order valence-electron chi connectivity index (χ0n) is 9.37. The van der Waals surface area contributed by atoms with Crippen LogP contribution in [0.2, 0.25) is 0 Å². The first-order chi connectivity index (χ1) is 6.63. The van der Waals surface area contributed by atoms with E-state index in [2.05, 4.69) is 50.4 Å². The molecule has 1 aromatic carbocycles. The first kappa shape index (κ1) is 11.1. The Kier molecular flexibility index (Phi) is 3.96. The zero-order chi connectivity index (χ0) is 10.6. The lowest BCUT2D eigenvalue weighted by atomic mass is 10.1. The van der Waals surface area contributed by atoms with Gasteiger partial charge in [0.25, 0.3) is 0 Å². The number of aryl methyl sites for hydroxylation is 1. The topological polar surface area (TPSA) is 21.3 Å². The van der Waals surface area contributed by atoms with Crippen LogP contribution in [0, 0.1) is 6.92 Å². The van der Waals surface area contributed by atoms with Crippen LogP contribution in [0.3, 0.4) is 0 Å². The molecule has 2 atom stereocenters. The molecular formula is C12H19NO. The van der Waals surface area contributed by atoms with Crippen molar-refractivity contribution in [1.29, 1.82) is 0 Å². The van der Waals surface area contributed by atoms with Gasteiger partial charge in [-0.25, -0.2) is 0 Å². The lowest BCUT2D eigenvalue weighted by molar-refractivity contribution is 0.106. The number of anilines is 1. The van der Waals surface area contributed by atoms with Gasteiger partial charge in [0.15, 0.2) is 0 Å². The van der Waals surface area contributed by atoms with E-state index in [-0.39, 0.29) is 6.10 Å². The Hall–Kier alpha value is -1.02. The highest BCUT2D eigenvalue weighted by molar-refractivity contribution is 5.46. The first-order valence-corrected chi connectivity index (χ1v) is 4.99. The molecule has 0 fully saturated rings. The summed E-state index contributed by atoms with van der Waals surface area (Å²) < 4.78 is 5.25. The van der Waals surface area contributed by atoms with Gasteiger partial charge in [0.2, 0.25) is 0 Å². The van der Waals surface area contributed by atoms with E-state index in [0.717, 1.165) is 5.69 Å². The molecule has 2 unspecified atom stereocenters. The molecule has 78 valence electrons. The van der Waals surface area contributed by atoms with Crippen molar-refractivity contribution in [3.05, 3.63) is 29.8 Å². The second-order valence-electron chi connectivity index (χ2n) is 3.74. The number of methoxy groups -OCH3 is 1. The third kappa shape index (κ3) is 3.04. The molecular weight excluding hydrogens is 174 g/mol. The maximum Gasteiger partial charge on any atom is 0.0741 e. The predicted molar refractivity (Wildman–Crippen MR) is 60.7 cm³/mol. The second-order valence-corrected chi connectivity index (χ2v) is 3.74. The minimum absolute atomic E-state index is 0.218. The van der Waals surface area contributed by atoms with Crippen molar-refractivity contribution in [2.45, 2.75) is 32.9 Å². The van der Waals surface area contributed by atoms with Crippen LogP contribution in [-0.2, 0) is 4.74 Å². The molecule has 2 heteroatoms. The van der Waals surface area contributed by atoms with Gasteiger partial charge in [-0.05, 0) is 38.5 Å². The largest absolute Gasteiger partial charge is 0.380 e. The number of hydrogen-bond acceptors (Lipinski definition) is 2. The normalized spacial score (nSPS) is 14.9. The van der Waals surface area contributed by atoms with Crippen molar-refractivity contribution < 1.29 is 4.74 Å². The standard InChI is InChI=1S/C12H19NO/c1-9-6-5-7-12(8-9)13-10(2)11(3)14-4/h5-8,10-11,13H,1-4H3. The van der Waals surface area contributed by atoms with E-state index in [0.29, 0.717) is 6.04 Å². The minimum Gasteiger partial charge on any atom is -0.380 e. The molecule has 0 saturated heterocycles. The predicted octanol–water partition coefficient (Wildman–Crippen LogP) is 2.83. The van der Waals surface area contributed by atoms with E-state index < -0.39 is 0 Å². The molecule has 2 nitrogen and oxygen atoms in total. The van der Waals surface area contributed by atoms with E-state index >= 15 is 0 Å². The quantitative estimate of drug-likeness (QED) is 0.794. The van der Waals surface area contributed by atoms with Crippen LogP contribution < -0.4 is 5.32 Å². The Morgan fingerprint density at radius 3 is 2.57 bits per heavy atom. The summed E-state index contributed by atoms with van der Waals surface area (Å²) in [5, 5.41) is 3.41. The molecule has 0 aliphatic heterocycles. The average molecular weight is 193 g/mol. The van der Waals surface area contributed by atoms with Crippen molar-refractivity contribution in [3.63, 3.8) is 0 Å². The summed E-state index contributed by atoms with van der Waals surface area (Å²) in [6, 6.07) is 8.68. The summed E-state index contributed by atoms with van der Waals surface area (Å²) in [4.78, 5) is 0. The van der Waals surface area contributed by atoms with Gasteiger partial charge in [0.1, 0.15) is 0 Å². The van der Waals surface area contributed by atoms with Crippen LogP contribution in [0.25, 0.3) is 0 Å². The fourth-order valence-corrected chi connectivity index (χ4v) is 1.32. The number of rotatable bonds is 4. The monoisotopic (exact) mass is 193 g/mol. The smallest absolute Gasteiger partial charge is 0.0741 e. The summed E-state index contributed by atoms with van der Waals surface area (Å²) >= 11 is 0. The van der Waals surface area contributed by atoms with E-state index in [9.17, 15) is 0 Å². The Bertz CT molecular complexity index is 285. The minimum atomic E-state index is 0.218. The molecule has 1 N–H and O–H groups in total. The van der Waals surface area contributed by atoms with Gasteiger partial charge in [-0.15, -0.1) is 0 Å². The van der Waals surface area contributed by atoms with Gasteiger partial charge in [0, 0.05) is 18.8 Å². The number of hydrogen-bond donors (Lipinski definition) is 1. The van der Waals surface area contributed by atoms with E-state index in [1.807, 2.05) is 0 Å². The van der Waals surface area contributed by atoms with Crippen LogP contribution in [0.4, 0.5) is 5.69 Å². The lowest BCUT2D eigenvalue weighted by Gasteiger charge is -2.21. The molecule has 1 rings (SSSR count). The van der Waals surface area contributed by atoms with Gasteiger partial charge in [0.05, 0.1) is 6.10 Å². The fraction of sp³-hybridized carbons (Fsp3) is 0.500. The molecule has 0 aromatic heterocycles. The van der Waals surface area contributed by atoms with E-state index in [4.69, 9.17) is 4.74 Å². The van der Waals surface area contributed by atoms with Crippen LogP contribution in [0.1, 0.15) is 19.4 Å². The first-order valence-electron chi connectivity index (χ1n) is 4.99. The van der Waals surface area contributed by atoms with Crippen molar-refractivity contribution in [1.82, 2.24) is 0 Å². The van der Waals surface area contributed by atoms with Crippen molar-refractivity contribution in [2.24, 2.45) is 0 Å². The summed E-state index contributed by atoms with van der Waals surface area (Å²) in [5.74, 6) is 0. The van der Waals surface area contributed by atoms with Gasteiger partial charge in [-0.1, -0.05) is 12.1 Å². The molecule has 0 spiro atoms. The summed E-state index contributed by atoms with van der Waals surface area (Å²) in [5.41, 5.74) is 2.42. The number of ether oxygens (including phenoxy) is 1. The Morgan fingerprint density at radius 1 is 1.29 bits per heavy atom. The third-order valence-electron chi connectivity index (χ3n) is 2.49. The SMILES string of the molecule is COC(C)C(C)Nc1cccc(C)c1. The van der Waals surface area contributed by atoms with Crippen molar-refractivity contribution >= 4 is 5.69 Å². The van der Waals surface area contributed by atoms with E-state index in [1.54, 1.807) is 7.11 Å². The van der Waals surface area contributed by atoms with Crippen molar-refractivity contribution in [3.8, 4) is 0 Å². The maximum atomic E-state index is 5.25. The summed E-state index contributed by atoms with van der Waals surface area (Å²) in [6.07, 6.45) is 0.218. The maximum absolute atomic E-state index is 5.25. The Balaban J connectivity index is 2.60. The number of benzene rings is 1.